The molecule has 0 aromatic heterocycles. The fraction of sp³-hybridized carbons (Fsp3) is 1.00. The predicted octanol–water partition coefficient (Wildman–Crippen LogP) is 3.24. The molecular formula is C10H23O4PS. The van der Waals surface area contributed by atoms with E-state index in [1.54, 1.807) is 0 Å². The zero-order chi connectivity index (χ0) is 12.1. The molecule has 0 heterocycles. The van der Waals surface area contributed by atoms with Gasteiger partial charge < -0.3 is 18.5 Å². The Balaban J connectivity index is 2.88. The second-order valence-corrected chi connectivity index (χ2v) is 5.14. The van der Waals surface area contributed by atoms with Crippen molar-refractivity contribution >= 4 is 20.6 Å². The van der Waals surface area contributed by atoms with Crippen molar-refractivity contribution < 1.29 is 18.5 Å². The maximum atomic E-state index is 8.44. The number of hydrogen-bond donors (Lipinski definition) is 2. The average Bonchev–Trinajstić information content (AvgIpc) is 2.25. The number of rotatable bonds is 12. The molecule has 0 amide bonds. The van der Waals surface area contributed by atoms with Gasteiger partial charge in [0.2, 0.25) is 0 Å². The van der Waals surface area contributed by atoms with Crippen molar-refractivity contribution in [3.8, 4) is 0 Å². The lowest BCUT2D eigenvalue weighted by atomic mass is 10.1. The van der Waals surface area contributed by atoms with E-state index in [0.29, 0.717) is 12.4 Å². The molecule has 0 radical (unpaired) electrons. The molecule has 0 aromatic rings. The Morgan fingerprint density at radius 3 is 2.38 bits per heavy atom. The van der Waals surface area contributed by atoms with E-state index in [2.05, 4.69) is 11.4 Å². The summed E-state index contributed by atoms with van der Waals surface area (Å²) in [5, 5.41) is 0. The van der Waals surface area contributed by atoms with Crippen LogP contribution >= 0.6 is 20.6 Å². The molecule has 0 saturated carbocycles. The first-order chi connectivity index (χ1) is 7.77. The van der Waals surface area contributed by atoms with Gasteiger partial charge in [-0.3, -0.25) is 0 Å². The monoisotopic (exact) mass is 270 g/mol. The Hall–Kier alpha value is 0.620. The van der Waals surface area contributed by atoms with Crippen LogP contribution in [-0.4, -0.2) is 28.8 Å². The third kappa shape index (κ3) is 14.6. The van der Waals surface area contributed by atoms with E-state index in [9.17, 15) is 0 Å². The van der Waals surface area contributed by atoms with Crippen LogP contribution in [0.15, 0.2) is 0 Å². The molecule has 0 aliphatic carbocycles. The molecule has 6 heteroatoms. The Labute approximate surface area is 104 Å². The summed E-state index contributed by atoms with van der Waals surface area (Å²) < 4.78 is 9.89. The van der Waals surface area contributed by atoms with Crippen LogP contribution in [0, 0.1) is 0 Å². The van der Waals surface area contributed by atoms with Gasteiger partial charge in [0.1, 0.15) is 0 Å². The van der Waals surface area contributed by atoms with Crippen LogP contribution in [0.2, 0.25) is 0 Å². The van der Waals surface area contributed by atoms with Crippen LogP contribution < -0.4 is 0 Å². The fourth-order valence-electron chi connectivity index (χ4n) is 1.21. The van der Waals surface area contributed by atoms with E-state index in [1.165, 1.54) is 44.1 Å². The Bertz CT molecular complexity index is 138. The molecule has 98 valence electrons. The molecule has 0 unspecified atom stereocenters. The van der Waals surface area contributed by atoms with Gasteiger partial charge in [-0.25, -0.2) is 0 Å². The van der Waals surface area contributed by atoms with Gasteiger partial charge in [-0.2, -0.15) is 0 Å². The Morgan fingerprint density at radius 2 is 1.69 bits per heavy atom. The Kier molecular flexibility index (Phi) is 14.2. The smallest absolute Gasteiger partial charge is 0.327 e. The van der Waals surface area contributed by atoms with Gasteiger partial charge in [0.25, 0.3) is 0 Å². The first-order valence-electron chi connectivity index (χ1n) is 5.82. The van der Waals surface area contributed by atoms with Crippen molar-refractivity contribution in [1.82, 2.24) is 0 Å². The van der Waals surface area contributed by atoms with Gasteiger partial charge in [-0.15, -0.1) is 0 Å². The zero-order valence-electron chi connectivity index (χ0n) is 9.93. The quantitative estimate of drug-likeness (QED) is 0.324. The molecule has 0 spiro atoms. The highest BCUT2D eigenvalue weighted by Gasteiger charge is 1.98. The van der Waals surface area contributed by atoms with E-state index in [1.807, 2.05) is 0 Å². The summed E-state index contributed by atoms with van der Waals surface area (Å²) in [6.07, 6.45) is 7.57. The lowest BCUT2D eigenvalue weighted by Gasteiger charge is -2.04. The predicted molar refractivity (Wildman–Crippen MR) is 69.1 cm³/mol. The average molecular weight is 270 g/mol. The third-order valence-corrected chi connectivity index (χ3v) is 3.12. The number of hydrogen-bond acceptors (Lipinski definition) is 5. The molecule has 0 fully saturated rings. The highest BCUT2D eigenvalue weighted by molar-refractivity contribution is 7.94. The van der Waals surface area contributed by atoms with Crippen molar-refractivity contribution in [2.75, 3.05) is 19.0 Å². The van der Waals surface area contributed by atoms with Crippen molar-refractivity contribution in [3.05, 3.63) is 0 Å². The SMILES string of the molecule is CCCCCCCCOSCCOP(O)O. The molecule has 0 aliphatic rings. The summed E-state index contributed by atoms with van der Waals surface area (Å²) in [6.45, 7) is 3.30. The summed E-state index contributed by atoms with van der Waals surface area (Å²) in [5.74, 6) is 0.635. The van der Waals surface area contributed by atoms with Gasteiger partial charge in [-0.1, -0.05) is 39.0 Å². The van der Waals surface area contributed by atoms with Crippen molar-refractivity contribution in [1.29, 1.82) is 0 Å². The van der Waals surface area contributed by atoms with E-state index >= 15 is 0 Å². The van der Waals surface area contributed by atoms with Crippen LogP contribution in [0.4, 0.5) is 0 Å². The van der Waals surface area contributed by atoms with Crippen LogP contribution in [0.25, 0.3) is 0 Å². The van der Waals surface area contributed by atoms with E-state index in [4.69, 9.17) is 14.0 Å². The van der Waals surface area contributed by atoms with Crippen LogP contribution in [0.5, 0.6) is 0 Å². The maximum absolute atomic E-state index is 8.44. The van der Waals surface area contributed by atoms with Crippen molar-refractivity contribution in [2.24, 2.45) is 0 Å². The summed E-state index contributed by atoms with van der Waals surface area (Å²) in [4.78, 5) is 16.9. The molecular weight excluding hydrogens is 247 g/mol. The first-order valence-corrected chi connectivity index (χ1v) is 7.90. The van der Waals surface area contributed by atoms with Gasteiger partial charge >= 0.3 is 8.60 Å². The van der Waals surface area contributed by atoms with Gasteiger partial charge in [0.05, 0.1) is 13.2 Å². The van der Waals surface area contributed by atoms with E-state index < -0.39 is 8.60 Å². The highest BCUT2D eigenvalue weighted by atomic mass is 32.2. The molecule has 0 atom stereocenters. The normalized spacial score (nSPS) is 11.2. The first kappa shape index (κ1) is 16.6. The molecule has 0 saturated heterocycles. The topological polar surface area (TPSA) is 58.9 Å². The van der Waals surface area contributed by atoms with Gasteiger partial charge in [0, 0.05) is 5.75 Å². The zero-order valence-corrected chi connectivity index (χ0v) is 11.6. The second kappa shape index (κ2) is 13.7. The molecule has 16 heavy (non-hydrogen) atoms. The van der Waals surface area contributed by atoms with Crippen LogP contribution in [-0.2, 0) is 8.71 Å². The van der Waals surface area contributed by atoms with Crippen LogP contribution in [0.3, 0.4) is 0 Å². The summed E-state index contributed by atoms with van der Waals surface area (Å²) in [6, 6.07) is 0. The summed E-state index contributed by atoms with van der Waals surface area (Å²) >= 11 is 1.33. The molecule has 4 nitrogen and oxygen atoms in total. The maximum Gasteiger partial charge on any atom is 0.327 e. The van der Waals surface area contributed by atoms with Gasteiger partial charge in [0.15, 0.2) is 0 Å². The Morgan fingerprint density at radius 1 is 1.00 bits per heavy atom. The molecule has 0 aliphatic heterocycles. The molecule has 2 N–H and O–H groups in total. The highest BCUT2D eigenvalue weighted by Crippen LogP contribution is 2.24. The van der Waals surface area contributed by atoms with Gasteiger partial charge in [-0.05, 0) is 18.5 Å². The molecule has 0 aromatic carbocycles. The minimum atomic E-state index is -2.21. The lowest BCUT2D eigenvalue weighted by Crippen LogP contribution is -1.95. The minimum Gasteiger partial charge on any atom is -0.328 e. The van der Waals surface area contributed by atoms with Crippen molar-refractivity contribution in [3.63, 3.8) is 0 Å². The second-order valence-electron chi connectivity index (χ2n) is 3.50. The standard InChI is InChI=1S/C10H23O4PS/c1-2-3-4-5-6-7-8-14-16-10-9-13-15(11)12/h11-12H,2-10H2,1H3. The summed E-state index contributed by atoms with van der Waals surface area (Å²) in [7, 11) is -2.21. The molecule has 0 bridgehead atoms. The summed E-state index contributed by atoms with van der Waals surface area (Å²) in [5.41, 5.74) is 0. The van der Waals surface area contributed by atoms with E-state index in [-0.39, 0.29) is 0 Å². The van der Waals surface area contributed by atoms with Crippen LogP contribution in [0.1, 0.15) is 45.4 Å². The van der Waals surface area contributed by atoms with Crippen molar-refractivity contribution in [2.45, 2.75) is 45.4 Å². The fourth-order valence-corrected chi connectivity index (χ4v) is 2.10. The molecule has 0 rings (SSSR count). The minimum absolute atomic E-state index is 0.319. The third-order valence-electron chi connectivity index (χ3n) is 2.04. The number of unbranched alkanes of at least 4 members (excludes halogenated alkanes) is 5. The van der Waals surface area contributed by atoms with E-state index in [0.717, 1.165) is 13.0 Å². The lowest BCUT2D eigenvalue weighted by molar-refractivity contribution is 0.269. The largest absolute Gasteiger partial charge is 0.328 e.